The van der Waals surface area contributed by atoms with E-state index in [-0.39, 0.29) is 0 Å². The van der Waals surface area contributed by atoms with Gasteiger partial charge in [0.2, 0.25) is 0 Å². The van der Waals surface area contributed by atoms with Crippen LogP contribution in [0.5, 0.6) is 0 Å². The summed E-state index contributed by atoms with van der Waals surface area (Å²) >= 11 is 0. The third kappa shape index (κ3) is 2.59. The molecule has 0 unspecified atom stereocenters. The van der Waals surface area contributed by atoms with Crippen molar-refractivity contribution in [1.29, 1.82) is 0 Å². The molecular weight excluding hydrogens is 210 g/mol. The summed E-state index contributed by atoms with van der Waals surface area (Å²) in [6.45, 7) is 5.10. The first kappa shape index (κ1) is 11.9. The van der Waals surface area contributed by atoms with Crippen LogP contribution in [0.4, 0.5) is 0 Å². The molecule has 0 atom stereocenters. The molecule has 0 aliphatic heterocycles. The van der Waals surface area contributed by atoms with Gasteiger partial charge in [0.25, 0.3) is 0 Å². The molecule has 2 aromatic rings. The van der Waals surface area contributed by atoms with Gasteiger partial charge in [-0.1, -0.05) is 19.1 Å². The highest BCUT2D eigenvalue weighted by molar-refractivity contribution is 5.59. The molecule has 0 aliphatic carbocycles. The zero-order chi connectivity index (χ0) is 12.3. The molecule has 2 rings (SSSR count). The molecule has 0 radical (unpaired) electrons. The van der Waals surface area contributed by atoms with Crippen LogP contribution in [0, 0.1) is 6.92 Å². The van der Waals surface area contributed by atoms with E-state index in [1.807, 2.05) is 19.2 Å². The summed E-state index contributed by atoms with van der Waals surface area (Å²) in [4.78, 5) is 0. The molecule has 0 fully saturated rings. The van der Waals surface area contributed by atoms with Gasteiger partial charge >= 0.3 is 0 Å². The first-order valence-electron chi connectivity index (χ1n) is 6.07. The Bertz CT molecular complexity index is 499. The van der Waals surface area contributed by atoms with E-state index in [4.69, 9.17) is 4.42 Å². The SMILES string of the molecule is CCc1ccc(-c2ccc(CNC)o2)cc1C. The van der Waals surface area contributed by atoms with Crippen LogP contribution in [-0.2, 0) is 13.0 Å². The Labute approximate surface area is 103 Å². The molecule has 2 nitrogen and oxygen atoms in total. The quantitative estimate of drug-likeness (QED) is 0.867. The maximum atomic E-state index is 5.78. The molecule has 0 bridgehead atoms. The molecule has 0 saturated carbocycles. The number of aryl methyl sites for hydroxylation is 2. The predicted octanol–water partition coefficient (Wildman–Crippen LogP) is 3.54. The van der Waals surface area contributed by atoms with Crippen LogP contribution < -0.4 is 5.32 Å². The molecule has 1 heterocycles. The van der Waals surface area contributed by atoms with Gasteiger partial charge in [-0.3, -0.25) is 0 Å². The summed E-state index contributed by atoms with van der Waals surface area (Å²) in [6.07, 6.45) is 1.08. The number of nitrogens with one attached hydrogen (secondary N) is 1. The van der Waals surface area contributed by atoms with Gasteiger partial charge in [-0.25, -0.2) is 0 Å². The van der Waals surface area contributed by atoms with Gasteiger partial charge < -0.3 is 9.73 Å². The summed E-state index contributed by atoms with van der Waals surface area (Å²) in [5.74, 6) is 1.92. The normalized spacial score (nSPS) is 10.8. The fourth-order valence-corrected chi connectivity index (χ4v) is 2.05. The van der Waals surface area contributed by atoms with E-state index in [2.05, 4.69) is 37.4 Å². The Morgan fingerprint density at radius 2 is 2.00 bits per heavy atom. The van der Waals surface area contributed by atoms with E-state index in [9.17, 15) is 0 Å². The number of rotatable bonds is 4. The van der Waals surface area contributed by atoms with Gasteiger partial charge in [-0.05, 0) is 49.7 Å². The number of hydrogen-bond donors (Lipinski definition) is 1. The summed E-state index contributed by atoms with van der Waals surface area (Å²) in [5, 5.41) is 3.08. The standard InChI is InChI=1S/C15H19NO/c1-4-12-5-6-13(9-11(12)2)15-8-7-14(17-15)10-16-3/h5-9,16H,4,10H2,1-3H3. The highest BCUT2D eigenvalue weighted by atomic mass is 16.3. The van der Waals surface area contributed by atoms with Gasteiger partial charge in [0, 0.05) is 5.56 Å². The topological polar surface area (TPSA) is 25.2 Å². The molecule has 0 amide bonds. The van der Waals surface area contributed by atoms with E-state index < -0.39 is 0 Å². The predicted molar refractivity (Wildman–Crippen MR) is 71.0 cm³/mol. The first-order valence-corrected chi connectivity index (χ1v) is 6.07. The van der Waals surface area contributed by atoms with Crippen LogP contribution in [0.3, 0.4) is 0 Å². The van der Waals surface area contributed by atoms with Crippen molar-refractivity contribution in [2.75, 3.05) is 7.05 Å². The first-order chi connectivity index (χ1) is 8.24. The van der Waals surface area contributed by atoms with Crippen LogP contribution in [0.1, 0.15) is 23.8 Å². The van der Waals surface area contributed by atoms with E-state index >= 15 is 0 Å². The van der Waals surface area contributed by atoms with Gasteiger partial charge in [0.05, 0.1) is 6.54 Å². The molecule has 0 saturated heterocycles. The van der Waals surface area contributed by atoms with E-state index in [0.29, 0.717) is 0 Å². The maximum Gasteiger partial charge on any atom is 0.134 e. The fraction of sp³-hybridized carbons (Fsp3) is 0.333. The van der Waals surface area contributed by atoms with Gasteiger partial charge in [0.15, 0.2) is 0 Å². The van der Waals surface area contributed by atoms with Crippen molar-refractivity contribution < 1.29 is 4.42 Å². The minimum atomic E-state index is 0.770. The number of hydrogen-bond acceptors (Lipinski definition) is 2. The summed E-state index contributed by atoms with van der Waals surface area (Å²) in [6, 6.07) is 10.6. The largest absolute Gasteiger partial charge is 0.460 e. The maximum absolute atomic E-state index is 5.78. The zero-order valence-electron chi connectivity index (χ0n) is 10.7. The molecule has 2 heteroatoms. The van der Waals surface area contributed by atoms with Gasteiger partial charge in [0.1, 0.15) is 11.5 Å². The van der Waals surface area contributed by atoms with Crippen molar-refractivity contribution in [2.24, 2.45) is 0 Å². The Kier molecular flexibility index (Phi) is 3.64. The highest BCUT2D eigenvalue weighted by Gasteiger charge is 2.05. The fourth-order valence-electron chi connectivity index (χ4n) is 2.05. The van der Waals surface area contributed by atoms with E-state index in [1.165, 1.54) is 11.1 Å². The lowest BCUT2D eigenvalue weighted by Crippen LogP contribution is -2.03. The van der Waals surface area contributed by atoms with E-state index in [0.717, 1.165) is 30.0 Å². The van der Waals surface area contributed by atoms with Crippen molar-refractivity contribution in [1.82, 2.24) is 5.32 Å². The molecule has 0 aliphatic rings. The lowest BCUT2D eigenvalue weighted by atomic mass is 10.0. The van der Waals surface area contributed by atoms with Crippen LogP contribution in [0.25, 0.3) is 11.3 Å². The molecule has 90 valence electrons. The Hall–Kier alpha value is -1.54. The molecule has 17 heavy (non-hydrogen) atoms. The second-order valence-corrected chi connectivity index (χ2v) is 4.29. The highest BCUT2D eigenvalue weighted by Crippen LogP contribution is 2.24. The Morgan fingerprint density at radius 3 is 2.65 bits per heavy atom. The second-order valence-electron chi connectivity index (χ2n) is 4.29. The second kappa shape index (κ2) is 5.19. The third-order valence-corrected chi connectivity index (χ3v) is 3.02. The molecule has 0 spiro atoms. The third-order valence-electron chi connectivity index (χ3n) is 3.02. The van der Waals surface area contributed by atoms with Crippen molar-refractivity contribution in [3.8, 4) is 11.3 Å². The monoisotopic (exact) mass is 229 g/mol. The van der Waals surface area contributed by atoms with Crippen molar-refractivity contribution in [2.45, 2.75) is 26.8 Å². The van der Waals surface area contributed by atoms with Crippen LogP contribution >= 0.6 is 0 Å². The van der Waals surface area contributed by atoms with Gasteiger partial charge in [-0.15, -0.1) is 0 Å². The minimum Gasteiger partial charge on any atom is -0.460 e. The van der Waals surface area contributed by atoms with Gasteiger partial charge in [-0.2, -0.15) is 0 Å². The van der Waals surface area contributed by atoms with Crippen LogP contribution in [-0.4, -0.2) is 7.05 Å². The average molecular weight is 229 g/mol. The zero-order valence-corrected chi connectivity index (χ0v) is 10.7. The Balaban J connectivity index is 2.29. The van der Waals surface area contributed by atoms with E-state index in [1.54, 1.807) is 0 Å². The molecule has 1 N–H and O–H groups in total. The van der Waals surface area contributed by atoms with Crippen LogP contribution in [0.15, 0.2) is 34.7 Å². The smallest absolute Gasteiger partial charge is 0.134 e. The Morgan fingerprint density at radius 1 is 1.18 bits per heavy atom. The van der Waals surface area contributed by atoms with Crippen molar-refractivity contribution in [3.05, 3.63) is 47.2 Å². The minimum absolute atomic E-state index is 0.770. The molecule has 1 aromatic heterocycles. The van der Waals surface area contributed by atoms with Crippen molar-refractivity contribution >= 4 is 0 Å². The van der Waals surface area contributed by atoms with Crippen LogP contribution in [0.2, 0.25) is 0 Å². The summed E-state index contributed by atoms with van der Waals surface area (Å²) in [7, 11) is 1.92. The average Bonchev–Trinajstić information content (AvgIpc) is 2.78. The summed E-state index contributed by atoms with van der Waals surface area (Å²) in [5.41, 5.74) is 3.88. The molecular formula is C15H19NO. The number of furan rings is 1. The van der Waals surface area contributed by atoms with Crippen molar-refractivity contribution in [3.63, 3.8) is 0 Å². The number of benzene rings is 1. The molecule has 1 aromatic carbocycles. The lowest BCUT2D eigenvalue weighted by molar-refractivity contribution is 0.507. The summed E-state index contributed by atoms with van der Waals surface area (Å²) < 4.78 is 5.78. The lowest BCUT2D eigenvalue weighted by Gasteiger charge is -2.05.